The Hall–Kier alpha value is -1.98. The quantitative estimate of drug-likeness (QED) is 0.873. The maximum Gasteiger partial charge on any atom is 0.184 e. The van der Waals surface area contributed by atoms with Crippen LogP contribution in [0.3, 0.4) is 0 Å². The molecule has 20 heavy (non-hydrogen) atoms. The molecule has 0 unspecified atom stereocenters. The Labute approximate surface area is 118 Å². The number of hydrogen-bond acceptors (Lipinski definition) is 4. The molecular weight excluding hydrogens is 274 g/mol. The molecule has 2 N–H and O–H groups in total. The van der Waals surface area contributed by atoms with Gasteiger partial charge in [0.25, 0.3) is 0 Å². The summed E-state index contributed by atoms with van der Waals surface area (Å²) in [5.74, 6) is -0.240. The van der Waals surface area contributed by atoms with Crippen molar-refractivity contribution in [1.29, 1.82) is 0 Å². The Balaban J connectivity index is 2.26. The second-order valence-corrected chi connectivity index (χ2v) is 6.56. The monoisotopic (exact) mass is 289 g/mol. The number of rotatable bonds is 4. The van der Waals surface area contributed by atoms with Crippen molar-refractivity contribution in [2.24, 2.45) is 5.73 Å². The first kappa shape index (κ1) is 14.4. The van der Waals surface area contributed by atoms with Gasteiger partial charge in [0.1, 0.15) is 0 Å². The van der Waals surface area contributed by atoms with Crippen LogP contribution in [0, 0.1) is 0 Å². The molecule has 2 aromatic carbocycles. The predicted molar refractivity (Wildman–Crippen MR) is 77.3 cm³/mol. The normalized spacial score (nSPS) is 12.9. The van der Waals surface area contributed by atoms with Crippen LogP contribution in [0.5, 0.6) is 0 Å². The Kier molecular flexibility index (Phi) is 4.01. The summed E-state index contributed by atoms with van der Waals surface area (Å²) in [4.78, 5) is 12.4. The molecule has 0 amide bonds. The molecule has 0 radical (unpaired) electrons. The molecule has 0 spiro atoms. The summed E-state index contributed by atoms with van der Waals surface area (Å²) < 4.78 is 22.7. The van der Waals surface area contributed by atoms with Gasteiger partial charge in [-0.3, -0.25) is 4.79 Å². The van der Waals surface area contributed by atoms with Crippen molar-refractivity contribution in [3.63, 3.8) is 0 Å². The standard InChI is InChI=1S/C15H15NO3S/c1-20(18,19)13-9-7-12(8-10-13)15(17)14(16)11-5-3-2-4-6-11/h2-10,14H,16H2,1H3/t14-/m0/s1. The van der Waals surface area contributed by atoms with Crippen LogP contribution in [0.4, 0.5) is 0 Å². The zero-order valence-electron chi connectivity index (χ0n) is 11.0. The molecule has 0 heterocycles. The van der Waals surface area contributed by atoms with E-state index in [1.807, 2.05) is 18.2 Å². The fourth-order valence-electron chi connectivity index (χ4n) is 1.86. The predicted octanol–water partition coefficient (Wildman–Crippen LogP) is 1.97. The lowest BCUT2D eigenvalue weighted by molar-refractivity contribution is 0.0961. The number of benzene rings is 2. The van der Waals surface area contributed by atoms with E-state index in [4.69, 9.17) is 5.73 Å². The summed E-state index contributed by atoms with van der Waals surface area (Å²) in [6, 6.07) is 14.1. The van der Waals surface area contributed by atoms with Crippen LogP contribution >= 0.6 is 0 Å². The summed E-state index contributed by atoms with van der Waals surface area (Å²) in [6.45, 7) is 0. The fourth-order valence-corrected chi connectivity index (χ4v) is 2.49. The summed E-state index contributed by atoms with van der Waals surface area (Å²) in [5.41, 5.74) is 7.05. The SMILES string of the molecule is CS(=O)(=O)c1ccc(C(=O)[C@@H](N)c2ccccc2)cc1. The van der Waals surface area contributed by atoms with E-state index in [1.165, 1.54) is 24.3 Å². The number of Topliss-reactive ketones (excluding diaryl/α,β-unsaturated/α-hetero) is 1. The fraction of sp³-hybridized carbons (Fsp3) is 0.133. The third-order valence-electron chi connectivity index (χ3n) is 3.01. The highest BCUT2D eigenvalue weighted by Crippen LogP contribution is 2.17. The van der Waals surface area contributed by atoms with Crippen molar-refractivity contribution < 1.29 is 13.2 Å². The molecule has 1 atom stereocenters. The first-order chi connectivity index (χ1) is 9.39. The highest BCUT2D eigenvalue weighted by atomic mass is 32.2. The Morgan fingerprint density at radius 1 is 1.00 bits per heavy atom. The number of sulfone groups is 1. The topological polar surface area (TPSA) is 77.2 Å². The molecule has 0 aliphatic carbocycles. The first-order valence-corrected chi connectivity index (χ1v) is 7.93. The molecule has 0 fully saturated rings. The van der Waals surface area contributed by atoms with Crippen molar-refractivity contribution in [2.75, 3.05) is 6.26 Å². The Morgan fingerprint density at radius 3 is 2.05 bits per heavy atom. The van der Waals surface area contributed by atoms with Gasteiger partial charge < -0.3 is 5.73 Å². The molecule has 0 saturated carbocycles. The van der Waals surface area contributed by atoms with Gasteiger partial charge in [-0.2, -0.15) is 0 Å². The number of nitrogens with two attached hydrogens (primary N) is 1. The average Bonchev–Trinajstić information content (AvgIpc) is 2.46. The second-order valence-electron chi connectivity index (χ2n) is 4.55. The number of ketones is 1. The first-order valence-electron chi connectivity index (χ1n) is 6.04. The van der Waals surface area contributed by atoms with Gasteiger partial charge in [-0.25, -0.2) is 8.42 Å². The van der Waals surface area contributed by atoms with Gasteiger partial charge >= 0.3 is 0 Å². The minimum atomic E-state index is -3.26. The maximum atomic E-state index is 12.2. The summed E-state index contributed by atoms with van der Waals surface area (Å²) in [6.07, 6.45) is 1.12. The van der Waals surface area contributed by atoms with Crippen molar-refractivity contribution in [2.45, 2.75) is 10.9 Å². The van der Waals surface area contributed by atoms with Crippen molar-refractivity contribution in [3.05, 3.63) is 65.7 Å². The van der Waals surface area contributed by atoms with Crippen LogP contribution in [0.2, 0.25) is 0 Å². The number of carbonyl (C=O) groups is 1. The van der Waals surface area contributed by atoms with E-state index in [2.05, 4.69) is 0 Å². The van der Waals surface area contributed by atoms with E-state index in [1.54, 1.807) is 12.1 Å². The van der Waals surface area contributed by atoms with Crippen molar-refractivity contribution in [3.8, 4) is 0 Å². The Morgan fingerprint density at radius 2 is 1.55 bits per heavy atom. The van der Waals surface area contributed by atoms with Crippen LogP contribution in [0.1, 0.15) is 22.0 Å². The van der Waals surface area contributed by atoms with E-state index >= 15 is 0 Å². The van der Waals surface area contributed by atoms with E-state index in [0.717, 1.165) is 11.8 Å². The van der Waals surface area contributed by atoms with Gasteiger partial charge in [0, 0.05) is 11.8 Å². The molecule has 0 aromatic heterocycles. The lowest BCUT2D eigenvalue weighted by atomic mass is 9.98. The lowest BCUT2D eigenvalue weighted by Crippen LogP contribution is -2.21. The van der Waals surface area contributed by atoms with E-state index in [0.29, 0.717) is 5.56 Å². The molecule has 104 valence electrons. The second kappa shape index (κ2) is 5.56. The minimum Gasteiger partial charge on any atom is -0.318 e. The van der Waals surface area contributed by atoms with E-state index in [9.17, 15) is 13.2 Å². The van der Waals surface area contributed by atoms with Crippen molar-refractivity contribution in [1.82, 2.24) is 0 Å². The molecular formula is C15H15NO3S. The zero-order valence-corrected chi connectivity index (χ0v) is 11.8. The third-order valence-corrected chi connectivity index (χ3v) is 4.14. The molecule has 0 bridgehead atoms. The van der Waals surface area contributed by atoms with Crippen LogP contribution in [-0.2, 0) is 9.84 Å². The molecule has 0 saturated heterocycles. The van der Waals surface area contributed by atoms with Gasteiger partial charge in [0.2, 0.25) is 0 Å². The number of carbonyl (C=O) groups excluding carboxylic acids is 1. The summed E-state index contributed by atoms with van der Waals surface area (Å²) in [5, 5.41) is 0. The minimum absolute atomic E-state index is 0.183. The summed E-state index contributed by atoms with van der Waals surface area (Å²) >= 11 is 0. The zero-order chi connectivity index (χ0) is 14.8. The van der Waals surface area contributed by atoms with Gasteiger partial charge in [-0.05, 0) is 17.7 Å². The molecule has 0 aliphatic heterocycles. The van der Waals surface area contributed by atoms with Crippen LogP contribution in [-0.4, -0.2) is 20.5 Å². The smallest absolute Gasteiger partial charge is 0.184 e. The largest absolute Gasteiger partial charge is 0.318 e. The van der Waals surface area contributed by atoms with Crippen LogP contribution in [0.15, 0.2) is 59.5 Å². The summed E-state index contributed by atoms with van der Waals surface area (Å²) in [7, 11) is -3.26. The molecule has 0 aliphatic rings. The van der Waals surface area contributed by atoms with E-state index in [-0.39, 0.29) is 10.7 Å². The van der Waals surface area contributed by atoms with Crippen LogP contribution < -0.4 is 5.73 Å². The molecule has 2 rings (SSSR count). The number of hydrogen-bond donors (Lipinski definition) is 1. The van der Waals surface area contributed by atoms with Crippen molar-refractivity contribution >= 4 is 15.6 Å². The van der Waals surface area contributed by atoms with Gasteiger partial charge in [-0.15, -0.1) is 0 Å². The van der Waals surface area contributed by atoms with Gasteiger partial charge in [0.05, 0.1) is 10.9 Å². The third kappa shape index (κ3) is 3.12. The van der Waals surface area contributed by atoms with E-state index < -0.39 is 15.9 Å². The molecule has 2 aromatic rings. The lowest BCUT2D eigenvalue weighted by Gasteiger charge is -2.11. The Bertz CT molecular complexity index is 707. The van der Waals surface area contributed by atoms with Gasteiger partial charge in [-0.1, -0.05) is 42.5 Å². The molecule has 5 heteroatoms. The molecule has 4 nitrogen and oxygen atoms in total. The maximum absolute atomic E-state index is 12.2. The highest BCUT2D eigenvalue weighted by Gasteiger charge is 2.18. The van der Waals surface area contributed by atoms with Crippen LogP contribution in [0.25, 0.3) is 0 Å². The average molecular weight is 289 g/mol. The van der Waals surface area contributed by atoms with Gasteiger partial charge in [0.15, 0.2) is 15.6 Å². The highest BCUT2D eigenvalue weighted by molar-refractivity contribution is 7.90.